The van der Waals surface area contributed by atoms with E-state index in [1.54, 1.807) is 6.08 Å². The Morgan fingerprint density at radius 2 is 1.39 bits per heavy atom. The fourth-order valence-corrected chi connectivity index (χ4v) is 3.54. The van der Waals surface area contributed by atoms with E-state index >= 15 is 0 Å². The molecule has 31 heavy (non-hydrogen) atoms. The number of ether oxygens (including phenoxy) is 2. The van der Waals surface area contributed by atoms with Crippen LogP contribution >= 0.6 is 0 Å². The van der Waals surface area contributed by atoms with Crippen molar-refractivity contribution in [1.29, 1.82) is 0 Å². The van der Waals surface area contributed by atoms with E-state index in [0.717, 1.165) is 32.1 Å². The van der Waals surface area contributed by atoms with Crippen molar-refractivity contribution >= 4 is 5.97 Å². The number of aliphatic hydroxyl groups is 4. The summed E-state index contributed by atoms with van der Waals surface area (Å²) in [6.07, 6.45) is 14.5. The van der Waals surface area contributed by atoms with Crippen LogP contribution in [0.5, 0.6) is 0 Å². The van der Waals surface area contributed by atoms with Gasteiger partial charge in [0.25, 0.3) is 0 Å². The summed E-state index contributed by atoms with van der Waals surface area (Å²) in [5, 5.41) is 38.6. The van der Waals surface area contributed by atoms with Crippen LogP contribution in [-0.4, -0.2) is 63.7 Å². The highest BCUT2D eigenvalue weighted by molar-refractivity contribution is 5.82. The SMILES string of the molecule is CCCCCCCCC=CCCCCCC=CC(=O)O[C@@H]1[C@@H](O)[C@@H](O)O[C@H](CO)[C@H]1O. The second kappa shape index (κ2) is 17.3. The van der Waals surface area contributed by atoms with Crippen LogP contribution in [0.25, 0.3) is 0 Å². The minimum Gasteiger partial charge on any atom is -0.453 e. The normalized spacial score (nSPS) is 26.7. The van der Waals surface area contributed by atoms with Gasteiger partial charge in [0.05, 0.1) is 6.61 Å². The number of hydrogen-bond donors (Lipinski definition) is 4. The van der Waals surface area contributed by atoms with E-state index in [2.05, 4.69) is 19.1 Å². The Morgan fingerprint density at radius 1 is 0.839 bits per heavy atom. The molecule has 0 unspecified atom stereocenters. The minimum atomic E-state index is -1.64. The molecule has 7 heteroatoms. The van der Waals surface area contributed by atoms with Crippen molar-refractivity contribution in [3.8, 4) is 0 Å². The molecule has 0 aromatic heterocycles. The summed E-state index contributed by atoms with van der Waals surface area (Å²) in [5.74, 6) is -0.716. The summed E-state index contributed by atoms with van der Waals surface area (Å²) in [5.41, 5.74) is 0. The highest BCUT2D eigenvalue weighted by atomic mass is 16.7. The van der Waals surface area contributed by atoms with E-state index in [1.165, 1.54) is 51.0 Å². The second-order valence-corrected chi connectivity index (χ2v) is 8.20. The molecule has 5 atom stereocenters. The molecular weight excluding hydrogens is 400 g/mol. The highest BCUT2D eigenvalue weighted by Crippen LogP contribution is 2.22. The molecule has 0 spiro atoms. The van der Waals surface area contributed by atoms with Crippen molar-refractivity contribution in [1.82, 2.24) is 0 Å². The number of carbonyl (C=O) groups excluding carboxylic acids is 1. The lowest BCUT2D eigenvalue weighted by Gasteiger charge is -2.39. The lowest BCUT2D eigenvalue weighted by molar-refractivity contribution is -0.289. The van der Waals surface area contributed by atoms with Gasteiger partial charge in [0.1, 0.15) is 18.3 Å². The van der Waals surface area contributed by atoms with E-state index in [9.17, 15) is 20.1 Å². The molecule has 0 radical (unpaired) electrons. The van der Waals surface area contributed by atoms with Crippen LogP contribution < -0.4 is 0 Å². The zero-order valence-electron chi connectivity index (χ0n) is 18.9. The molecule has 0 aromatic rings. The number of hydrogen-bond acceptors (Lipinski definition) is 7. The molecule has 1 saturated heterocycles. The van der Waals surface area contributed by atoms with Gasteiger partial charge in [-0.1, -0.05) is 63.7 Å². The molecule has 1 rings (SSSR count). The van der Waals surface area contributed by atoms with Gasteiger partial charge in [-0.25, -0.2) is 4.79 Å². The molecule has 1 heterocycles. The van der Waals surface area contributed by atoms with Crippen LogP contribution in [0.15, 0.2) is 24.3 Å². The predicted octanol–water partition coefficient (Wildman–Crippen LogP) is 3.14. The molecule has 0 bridgehead atoms. The van der Waals surface area contributed by atoms with Crippen LogP contribution in [0, 0.1) is 0 Å². The van der Waals surface area contributed by atoms with Gasteiger partial charge in [0.2, 0.25) is 0 Å². The van der Waals surface area contributed by atoms with E-state index in [-0.39, 0.29) is 0 Å². The summed E-state index contributed by atoms with van der Waals surface area (Å²) in [6, 6.07) is 0. The first-order chi connectivity index (χ1) is 15.0. The van der Waals surface area contributed by atoms with Crippen LogP contribution in [-0.2, 0) is 14.3 Å². The molecule has 1 aliphatic heterocycles. The van der Waals surface area contributed by atoms with Gasteiger partial charge in [0.15, 0.2) is 12.4 Å². The predicted molar refractivity (Wildman–Crippen MR) is 119 cm³/mol. The second-order valence-electron chi connectivity index (χ2n) is 8.20. The summed E-state index contributed by atoms with van der Waals surface area (Å²) in [4.78, 5) is 11.9. The quantitative estimate of drug-likeness (QED) is 0.126. The average Bonchev–Trinajstić information content (AvgIpc) is 2.76. The Morgan fingerprint density at radius 3 is 2.00 bits per heavy atom. The van der Waals surface area contributed by atoms with Crippen LogP contribution in [0.1, 0.15) is 84.0 Å². The summed E-state index contributed by atoms with van der Waals surface area (Å²) >= 11 is 0. The molecule has 180 valence electrons. The lowest BCUT2D eigenvalue weighted by Crippen LogP contribution is -2.59. The number of carbonyl (C=O) groups is 1. The number of unbranched alkanes of at least 4 members (excludes halogenated alkanes) is 10. The van der Waals surface area contributed by atoms with Crippen LogP contribution in [0.4, 0.5) is 0 Å². The van der Waals surface area contributed by atoms with Crippen molar-refractivity contribution in [2.45, 2.75) is 115 Å². The average molecular weight is 443 g/mol. The Bertz CT molecular complexity index is 520. The van der Waals surface area contributed by atoms with Crippen LogP contribution in [0.3, 0.4) is 0 Å². The molecular formula is C24H42O7. The Kier molecular flexibility index (Phi) is 15.5. The molecule has 0 aromatic carbocycles. The van der Waals surface area contributed by atoms with E-state index in [1.807, 2.05) is 0 Å². The zero-order valence-corrected chi connectivity index (χ0v) is 18.9. The maximum atomic E-state index is 11.9. The van der Waals surface area contributed by atoms with Gasteiger partial charge in [-0.15, -0.1) is 0 Å². The van der Waals surface area contributed by atoms with Gasteiger partial charge in [-0.05, 0) is 38.5 Å². The Balaban J connectivity index is 2.08. The van der Waals surface area contributed by atoms with Gasteiger partial charge >= 0.3 is 5.97 Å². The number of rotatable bonds is 16. The maximum absolute atomic E-state index is 11.9. The zero-order chi connectivity index (χ0) is 22.9. The molecule has 1 fully saturated rings. The Labute approximate surface area is 186 Å². The first-order valence-corrected chi connectivity index (χ1v) is 11.8. The van der Waals surface area contributed by atoms with E-state index in [4.69, 9.17) is 14.6 Å². The first kappa shape index (κ1) is 27.8. The number of allylic oxidation sites excluding steroid dienone is 3. The molecule has 0 aliphatic carbocycles. The maximum Gasteiger partial charge on any atom is 0.330 e. The monoisotopic (exact) mass is 442 g/mol. The topological polar surface area (TPSA) is 116 Å². The summed E-state index contributed by atoms with van der Waals surface area (Å²) in [6.45, 7) is 1.67. The molecule has 4 N–H and O–H groups in total. The number of esters is 1. The standard InChI is InChI=1S/C24H42O7/c1-2-3-4-5-6-7-8-9-10-11-12-13-14-15-16-17-20(26)31-23-21(27)19(18-25)30-24(29)22(23)28/h9-10,16-17,19,21-25,27-29H,2-8,11-15,18H2,1H3/t19-,21-,22-,23+,24+/m1/s1. The van der Waals surface area contributed by atoms with Gasteiger partial charge < -0.3 is 29.9 Å². The summed E-state index contributed by atoms with van der Waals surface area (Å²) < 4.78 is 9.91. The fraction of sp³-hybridized carbons (Fsp3) is 0.792. The van der Waals surface area contributed by atoms with Crippen molar-refractivity contribution in [2.75, 3.05) is 6.61 Å². The summed E-state index contributed by atoms with van der Waals surface area (Å²) in [7, 11) is 0. The third kappa shape index (κ3) is 11.8. The van der Waals surface area contributed by atoms with Gasteiger partial charge in [-0.3, -0.25) is 0 Å². The van der Waals surface area contributed by atoms with Gasteiger partial charge in [-0.2, -0.15) is 0 Å². The lowest BCUT2D eigenvalue weighted by atomic mass is 9.99. The molecule has 0 amide bonds. The molecule has 0 saturated carbocycles. The van der Waals surface area contributed by atoms with E-state index in [0.29, 0.717) is 0 Å². The largest absolute Gasteiger partial charge is 0.453 e. The van der Waals surface area contributed by atoms with Crippen molar-refractivity contribution < 1.29 is 34.7 Å². The van der Waals surface area contributed by atoms with Crippen LogP contribution in [0.2, 0.25) is 0 Å². The van der Waals surface area contributed by atoms with E-state index < -0.39 is 43.3 Å². The number of aliphatic hydroxyl groups excluding tert-OH is 4. The molecule has 1 aliphatic rings. The third-order valence-corrected chi connectivity index (χ3v) is 5.48. The van der Waals surface area contributed by atoms with Gasteiger partial charge in [0, 0.05) is 6.08 Å². The first-order valence-electron chi connectivity index (χ1n) is 11.8. The van der Waals surface area contributed by atoms with Crippen molar-refractivity contribution in [3.63, 3.8) is 0 Å². The molecule has 7 nitrogen and oxygen atoms in total. The van der Waals surface area contributed by atoms with Crippen molar-refractivity contribution in [2.24, 2.45) is 0 Å². The van der Waals surface area contributed by atoms with Crippen molar-refractivity contribution in [3.05, 3.63) is 24.3 Å². The smallest absolute Gasteiger partial charge is 0.330 e. The fourth-order valence-electron chi connectivity index (χ4n) is 3.54. The minimum absolute atomic E-state index is 0.566. The third-order valence-electron chi connectivity index (χ3n) is 5.48. The Hall–Kier alpha value is -1.25. The highest BCUT2D eigenvalue weighted by Gasteiger charge is 2.45.